The lowest BCUT2D eigenvalue weighted by Gasteiger charge is -2.16. The van der Waals surface area contributed by atoms with Crippen LogP contribution in [0, 0.1) is 5.92 Å². The molecule has 0 amide bonds. The lowest BCUT2D eigenvalue weighted by atomic mass is 10.1. The Morgan fingerprint density at radius 3 is 2.87 bits per heavy atom. The van der Waals surface area contributed by atoms with E-state index in [9.17, 15) is 0 Å². The van der Waals surface area contributed by atoms with E-state index in [0.29, 0.717) is 6.10 Å². The molecule has 2 rings (SSSR count). The van der Waals surface area contributed by atoms with Gasteiger partial charge in [-0.25, -0.2) is 0 Å². The Morgan fingerprint density at radius 2 is 2.20 bits per heavy atom. The van der Waals surface area contributed by atoms with Crippen LogP contribution in [0.2, 0.25) is 0 Å². The second kappa shape index (κ2) is 5.28. The highest BCUT2D eigenvalue weighted by atomic mass is 16.5. The van der Waals surface area contributed by atoms with Gasteiger partial charge in [-0.05, 0) is 45.2 Å². The van der Waals surface area contributed by atoms with Gasteiger partial charge in [-0.1, -0.05) is 0 Å². The van der Waals surface area contributed by atoms with Crippen molar-refractivity contribution >= 4 is 0 Å². The van der Waals surface area contributed by atoms with E-state index in [-0.39, 0.29) is 0 Å². The van der Waals surface area contributed by atoms with Crippen LogP contribution in [0.4, 0.5) is 0 Å². The summed E-state index contributed by atoms with van der Waals surface area (Å²) in [6.07, 6.45) is 4.61. The van der Waals surface area contributed by atoms with Gasteiger partial charge in [-0.15, -0.1) is 0 Å². The minimum atomic E-state index is 0.339. The Balaban J connectivity index is 1.56. The normalized spacial score (nSPS) is 29.6. The molecule has 1 aliphatic carbocycles. The van der Waals surface area contributed by atoms with E-state index in [4.69, 9.17) is 4.74 Å². The Morgan fingerprint density at radius 1 is 1.40 bits per heavy atom. The molecule has 1 saturated carbocycles. The number of rotatable bonds is 6. The maximum Gasteiger partial charge on any atom is 0.0667 e. The van der Waals surface area contributed by atoms with Crippen molar-refractivity contribution in [3.8, 4) is 0 Å². The van der Waals surface area contributed by atoms with Crippen LogP contribution in [0.5, 0.6) is 0 Å². The first kappa shape index (κ1) is 11.4. The van der Waals surface area contributed by atoms with Gasteiger partial charge in [0.05, 0.1) is 6.10 Å². The number of likely N-dealkylation sites (tertiary alicyclic amines) is 1. The monoisotopic (exact) mass is 212 g/mol. The molecule has 0 radical (unpaired) electrons. The number of nitrogens with zero attached hydrogens (tertiary/aromatic N) is 1. The largest absolute Gasteiger partial charge is 0.380 e. The van der Waals surface area contributed by atoms with E-state index < -0.39 is 0 Å². The molecule has 2 aliphatic rings. The summed E-state index contributed by atoms with van der Waals surface area (Å²) in [6, 6.07) is 0.952. The molecule has 3 heteroatoms. The maximum absolute atomic E-state index is 5.21. The average Bonchev–Trinajstić information content (AvgIpc) is 2.99. The second-order valence-electron chi connectivity index (χ2n) is 5.09. The second-order valence-corrected chi connectivity index (χ2v) is 5.09. The van der Waals surface area contributed by atoms with E-state index in [2.05, 4.69) is 17.1 Å². The first-order chi connectivity index (χ1) is 7.29. The van der Waals surface area contributed by atoms with Gasteiger partial charge in [0.15, 0.2) is 0 Å². The lowest BCUT2D eigenvalue weighted by Crippen LogP contribution is -2.32. The van der Waals surface area contributed by atoms with Crippen LogP contribution in [0.15, 0.2) is 0 Å². The van der Waals surface area contributed by atoms with Crippen molar-refractivity contribution in [2.24, 2.45) is 5.92 Å². The van der Waals surface area contributed by atoms with Crippen LogP contribution < -0.4 is 5.32 Å². The Kier molecular flexibility index (Phi) is 4.00. The Bertz CT molecular complexity index is 194. The number of hydrogen-bond donors (Lipinski definition) is 1. The molecule has 1 aliphatic heterocycles. The maximum atomic E-state index is 5.21. The van der Waals surface area contributed by atoms with E-state index >= 15 is 0 Å². The minimum absolute atomic E-state index is 0.339. The van der Waals surface area contributed by atoms with Crippen molar-refractivity contribution in [2.75, 3.05) is 33.3 Å². The molecule has 0 bridgehead atoms. The summed E-state index contributed by atoms with van der Waals surface area (Å²) in [5.41, 5.74) is 0. The molecule has 0 aromatic carbocycles. The minimum Gasteiger partial charge on any atom is -0.380 e. The van der Waals surface area contributed by atoms with Gasteiger partial charge in [-0.2, -0.15) is 0 Å². The van der Waals surface area contributed by atoms with Gasteiger partial charge in [0.1, 0.15) is 0 Å². The number of ether oxygens (including phenoxy) is 1. The molecule has 2 fully saturated rings. The molecule has 2 unspecified atom stereocenters. The molecule has 1 heterocycles. The van der Waals surface area contributed by atoms with Crippen molar-refractivity contribution < 1.29 is 4.74 Å². The average molecular weight is 212 g/mol. The quantitative estimate of drug-likeness (QED) is 0.713. The molecule has 1 N–H and O–H groups in total. The van der Waals surface area contributed by atoms with Gasteiger partial charge in [0, 0.05) is 26.2 Å². The molecule has 1 saturated heterocycles. The van der Waals surface area contributed by atoms with E-state index in [1.807, 2.05) is 0 Å². The highest BCUT2D eigenvalue weighted by molar-refractivity contribution is 4.89. The third-order valence-electron chi connectivity index (χ3n) is 3.65. The number of methoxy groups -OCH3 is 1. The fourth-order valence-electron chi connectivity index (χ4n) is 2.37. The fourth-order valence-corrected chi connectivity index (χ4v) is 2.37. The van der Waals surface area contributed by atoms with Crippen molar-refractivity contribution in [1.82, 2.24) is 10.2 Å². The lowest BCUT2D eigenvalue weighted by molar-refractivity contribution is 0.116. The smallest absolute Gasteiger partial charge is 0.0667 e. The van der Waals surface area contributed by atoms with Crippen LogP contribution in [-0.2, 0) is 4.74 Å². The molecular weight excluding hydrogens is 188 g/mol. The molecule has 3 nitrogen and oxygen atoms in total. The first-order valence-electron chi connectivity index (χ1n) is 6.27. The standard InChI is InChI=1S/C12H24N2O/c1-10(15-2)7-13-8-11-5-6-14(9-11)12-3-4-12/h10-13H,3-9H2,1-2H3. The molecule has 0 aromatic heterocycles. The summed E-state index contributed by atoms with van der Waals surface area (Å²) in [5, 5.41) is 3.51. The zero-order valence-corrected chi connectivity index (χ0v) is 10.0. The van der Waals surface area contributed by atoms with Gasteiger partial charge < -0.3 is 15.0 Å². The molecular formula is C12H24N2O. The van der Waals surface area contributed by atoms with Gasteiger partial charge in [0.25, 0.3) is 0 Å². The highest BCUT2D eigenvalue weighted by Crippen LogP contribution is 2.31. The summed E-state index contributed by atoms with van der Waals surface area (Å²) in [4.78, 5) is 2.67. The van der Waals surface area contributed by atoms with E-state index in [1.165, 1.54) is 32.4 Å². The molecule has 88 valence electrons. The molecule has 2 atom stereocenters. The van der Waals surface area contributed by atoms with Crippen LogP contribution in [0.3, 0.4) is 0 Å². The van der Waals surface area contributed by atoms with Crippen LogP contribution in [0.25, 0.3) is 0 Å². The highest BCUT2D eigenvalue weighted by Gasteiger charge is 2.33. The zero-order valence-electron chi connectivity index (χ0n) is 10.0. The number of hydrogen-bond acceptors (Lipinski definition) is 3. The first-order valence-corrected chi connectivity index (χ1v) is 6.27. The van der Waals surface area contributed by atoms with Crippen LogP contribution in [0.1, 0.15) is 26.2 Å². The van der Waals surface area contributed by atoms with Gasteiger partial charge >= 0.3 is 0 Å². The topological polar surface area (TPSA) is 24.5 Å². The van der Waals surface area contributed by atoms with Crippen molar-refractivity contribution in [3.05, 3.63) is 0 Å². The van der Waals surface area contributed by atoms with E-state index in [0.717, 1.165) is 25.0 Å². The molecule has 0 spiro atoms. The summed E-state index contributed by atoms with van der Waals surface area (Å²) in [7, 11) is 1.77. The Labute approximate surface area is 93.2 Å². The summed E-state index contributed by atoms with van der Waals surface area (Å²) in [5.74, 6) is 0.870. The third kappa shape index (κ3) is 3.44. The van der Waals surface area contributed by atoms with Gasteiger partial charge in [-0.3, -0.25) is 0 Å². The summed E-state index contributed by atoms with van der Waals surface area (Å²) >= 11 is 0. The Hall–Kier alpha value is -0.120. The predicted molar refractivity (Wildman–Crippen MR) is 62.0 cm³/mol. The SMILES string of the molecule is COC(C)CNCC1CCN(C2CC2)C1. The number of nitrogens with one attached hydrogen (secondary N) is 1. The summed E-state index contributed by atoms with van der Waals surface area (Å²) in [6.45, 7) is 6.90. The molecule has 0 aromatic rings. The molecule has 15 heavy (non-hydrogen) atoms. The van der Waals surface area contributed by atoms with E-state index in [1.54, 1.807) is 7.11 Å². The van der Waals surface area contributed by atoms with Gasteiger partial charge in [0.2, 0.25) is 0 Å². The third-order valence-corrected chi connectivity index (χ3v) is 3.65. The fraction of sp³-hybridized carbons (Fsp3) is 1.00. The van der Waals surface area contributed by atoms with Crippen LogP contribution in [-0.4, -0.2) is 50.3 Å². The van der Waals surface area contributed by atoms with Crippen molar-refractivity contribution in [3.63, 3.8) is 0 Å². The van der Waals surface area contributed by atoms with Crippen molar-refractivity contribution in [1.29, 1.82) is 0 Å². The van der Waals surface area contributed by atoms with Crippen LogP contribution >= 0.6 is 0 Å². The van der Waals surface area contributed by atoms with Crippen molar-refractivity contribution in [2.45, 2.75) is 38.3 Å². The summed E-state index contributed by atoms with van der Waals surface area (Å²) < 4.78 is 5.21. The predicted octanol–water partition coefficient (Wildman–Crippen LogP) is 1.10. The zero-order chi connectivity index (χ0) is 10.7.